The molecular formula is C19H19N5O. The molecule has 0 aliphatic carbocycles. The predicted molar refractivity (Wildman–Crippen MR) is 99.3 cm³/mol. The zero-order chi connectivity index (χ0) is 17.6. The lowest BCUT2D eigenvalue weighted by atomic mass is 10.1. The number of hydrogen-bond donors (Lipinski definition) is 1. The highest BCUT2D eigenvalue weighted by Crippen LogP contribution is 2.28. The van der Waals surface area contributed by atoms with Crippen molar-refractivity contribution in [1.29, 1.82) is 0 Å². The molecule has 0 saturated carbocycles. The molecule has 126 valence electrons. The lowest BCUT2D eigenvalue weighted by molar-refractivity contribution is 0.736. The molecule has 2 N–H and O–H groups in total. The molecule has 6 nitrogen and oxygen atoms in total. The van der Waals surface area contributed by atoms with Crippen LogP contribution in [0.3, 0.4) is 0 Å². The van der Waals surface area contributed by atoms with Crippen LogP contribution in [-0.2, 0) is 20.6 Å². The van der Waals surface area contributed by atoms with Crippen LogP contribution in [0.25, 0.3) is 22.3 Å². The van der Waals surface area contributed by atoms with E-state index in [2.05, 4.69) is 5.10 Å². The van der Waals surface area contributed by atoms with Gasteiger partial charge in [-0.2, -0.15) is 5.10 Å². The first-order valence-corrected chi connectivity index (χ1v) is 8.07. The number of rotatable bonds is 3. The number of nitrogen functional groups attached to an aromatic ring is 1. The Balaban J connectivity index is 1.96. The van der Waals surface area contributed by atoms with Gasteiger partial charge in [-0.05, 0) is 23.8 Å². The molecule has 0 bridgehead atoms. The lowest BCUT2D eigenvalue weighted by Gasteiger charge is -2.08. The van der Waals surface area contributed by atoms with Crippen LogP contribution in [0.4, 0.5) is 5.69 Å². The van der Waals surface area contributed by atoms with E-state index in [9.17, 15) is 4.79 Å². The van der Waals surface area contributed by atoms with Crippen LogP contribution in [0.5, 0.6) is 0 Å². The fourth-order valence-corrected chi connectivity index (χ4v) is 3.32. The smallest absolute Gasteiger partial charge is 0.329 e. The molecule has 4 rings (SSSR count). The van der Waals surface area contributed by atoms with Gasteiger partial charge < -0.3 is 5.73 Å². The summed E-state index contributed by atoms with van der Waals surface area (Å²) in [6, 6.07) is 15.8. The van der Waals surface area contributed by atoms with Gasteiger partial charge in [-0.15, -0.1) is 0 Å². The van der Waals surface area contributed by atoms with Crippen molar-refractivity contribution < 1.29 is 0 Å². The van der Waals surface area contributed by atoms with Crippen molar-refractivity contribution in [3.63, 3.8) is 0 Å². The number of anilines is 1. The standard InChI is InChI=1S/C19H19N5O/c1-22-18-15(20)10-14(16-8-9-21-23(16)2)11-17(18)24(19(22)25)12-13-6-4-3-5-7-13/h3-11H,12,20H2,1-2H3. The van der Waals surface area contributed by atoms with Crippen LogP contribution < -0.4 is 11.4 Å². The number of aromatic nitrogens is 4. The minimum absolute atomic E-state index is 0.0762. The van der Waals surface area contributed by atoms with E-state index in [-0.39, 0.29) is 5.69 Å². The summed E-state index contributed by atoms with van der Waals surface area (Å²) in [5.74, 6) is 0. The first-order chi connectivity index (χ1) is 12.1. The molecule has 0 fully saturated rings. The van der Waals surface area contributed by atoms with Crippen LogP contribution in [-0.4, -0.2) is 18.9 Å². The number of imidazole rings is 1. The van der Waals surface area contributed by atoms with Crippen LogP contribution >= 0.6 is 0 Å². The molecule has 2 aromatic carbocycles. The minimum Gasteiger partial charge on any atom is -0.397 e. The topological polar surface area (TPSA) is 70.8 Å². The van der Waals surface area contributed by atoms with Gasteiger partial charge in [0, 0.05) is 25.9 Å². The molecular weight excluding hydrogens is 314 g/mol. The second kappa shape index (κ2) is 5.66. The highest BCUT2D eigenvalue weighted by atomic mass is 16.1. The monoisotopic (exact) mass is 333 g/mol. The molecule has 25 heavy (non-hydrogen) atoms. The van der Waals surface area contributed by atoms with E-state index in [4.69, 9.17) is 5.73 Å². The molecule has 0 radical (unpaired) electrons. The molecule has 0 spiro atoms. The SMILES string of the molecule is Cn1nccc1-c1cc(N)c2c(c1)n(Cc1ccccc1)c(=O)n2C. The molecule has 6 heteroatoms. The number of aryl methyl sites for hydroxylation is 2. The van der Waals surface area contributed by atoms with Gasteiger partial charge in [0.05, 0.1) is 29.0 Å². The molecule has 0 aliphatic heterocycles. The van der Waals surface area contributed by atoms with Crippen molar-refractivity contribution in [2.45, 2.75) is 6.54 Å². The highest BCUT2D eigenvalue weighted by molar-refractivity contribution is 5.92. The maximum atomic E-state index is 12.8. The average Bonchev–Trinajstić information content (AvgIpc) is 3.13. The summed E-state index contributed by atoms with van der Waals surface area (Å²) in [5, 5.41) is 4.22. The Hall–Kier alpha value is -3.28. The van der Waals surface area contributed by atoms with E-state index in [0.717, 1.165) is 27.9 Å². The molecule has 0 saturated heterocycles. The first kappa shape index (κ1) is 15.3. The van der Waals surface area contributed by atoms with Gasteiger partial charge in [0.1, 0.15) is 0 Å². The van der Waals surface area contributed by atoms with E-state index < -0.39 is 0 Å². The van der Waals surface area contributed by atoms with Crippen molar-refractivity contribution in [3.05, 3.63) is 70.8 Å². The number of fused-ring (bicyclic) bond motifs is 1. The van der Waals surface area contributed by atoms with E-state index in [1.807, 2.05) is 55.6 Å². The lowest BCUT2D eigenvalue weighted by Crippen LogP contribution is -2.22. The van der Waals surface area contributed by atoms with Crippen LogP contribution in [0.15, 0.2) is 59.5 Å². The normalized spacial score (nSPS) is 11.3. The molecule has 0 unspecified atom stereocenters. The Labute approximate surface area is 144 Å². The largest absolute Gasteiger partial charge is 0.397 e. The summed E-state index contributed by atoms with van der Waals surface area (Å²) in [5.41, 5.74) is 11.3. The first-order valence-electron chi connectivity index (χ1n) is 8.07. The summed E-state index contributed by atoms with van der Waals surface area (Å²) in [6.45, 7) is 0.505. The second-order valence-electron chi connectivity index (χ2n) is 6.19. The van der Waals surface area contributed by atoms with Crippen LogP contribution in [0.1, 0.15) is 5.56 Å². The molecule has 2 aromatic heterocycles. The zero-order valence-corrected chi connectivity index (χ0v) is 14.2. The van der Waals surface area contributed by atoms with Crippen molar-refractivity contribution in [1.82, 2.24) is 18.9 Å². The van der Waals surface area contributed by atoms with E-state index in [0.29, 0.717) is 12.2 Å². The molecule has 4 aromatic rings. The number of nitrogens with two attached hydrogens (primary N) is 1. The van der Waals surface area contributed by atoms with Gasteiger partial charge in [0.15, 0.2) is 0 Å². The maximum absolute atomic E-state index is 12.8. The number of benzene rings is 2. The Morgan fingerprint density at radius 1 is 1.08 bits per heavy atom. The summed E-state index contributed by atoms with van der Waals surface area (Å²) in [6.07, 6.45) is 1.75. The van der Waals surface area contributed by atoms with E-state index in [1.54, 1.807) is 27.1 Å². The molecule has 0 amide bonds. The Morgan fingerprint density at radius 3 is 2.52 bits per heavy atom. The highest BCUT2D eigenvalue weighted by Gasteiger charge is 2.16. The van der Waals surface area contributed by atoms with Gasteiger partial charge >= 0.3 is 5.69 Å². The quantitative estimate of drug-likeness (QED) is 0.585. The third-order valence-electron chi connectivity index (χ3n) is 4.56. The van der Waals surface area contributed by atoms with Crippen LogP contribution in [0.2, 0.25) is 0 Å². The van der Waals surface area contributed by atoms with Crippen molar-refractivity contribution >= 4 is 16.7 Å². The maximum Gasteiger partial charge on any atom is 0.329 e. The fraction of sp³-hybridized carbons (Fsp3) is 0.158. The molecule has 0 aliphatic rings. The fourth-order valence-electron chi connectivity index (χ4n) is 3.32. The third kappa shape index (κ3) is 2.42. The Kier molecular flexibility index (Phi) is 3.46. The van der Waals surface area contributed by atoms with Gasteiger partial charge in [0.2, 0.25) is 0 Å². The summed E-state index contributed by atoms with van der Waals surface area (Å²) in [7, 11) is 3.64. The van der Waals surface area contributed by atoms with Gasteiger partial charge in [-0.1, -0.05) is 30.3 Å². The summed E-state index contributed by atoms with van der Waals surface area (Å²) >= 11 is 0. The summed E-state index contributed by atoms with van der Waals surface area (Å²) < 4.78 is 5.17. The average molecular weight is 333 g/mol. The van der Waals surface area contributed by atoms with E-state index >= 15 is 0 Å². The third-order valence-corrected chi connectivity index (χ3v) is 4.56. The van der Waals surface area contributed by atoms with Gasteiger partial charge in [-0.25, -0.2) is 4.79 Å². The van der Waals surface area contributed by atoms with Gasteiger partial charge in [0.25, 0.3) is 0 Å². The number of hydrogen-bond acceptors (Lipinski definition) is 3. The molecule has 2 heterocycles. The summed E-state index contributed by atoms with van der Waals surface area (Å²) in [4.78, 5) is 12.8. The van der Waals surface area contributed by atoms with Crippen LogP contribution in [0, 0.1) is 0 Å². The number of nitrogens with zero attached hydrogens (tertiary/aromatic N) is 4. The molecule has 0 atom stereocenters. The predicted octanol–water partition coefficient (Wildman–Crippen LogP) is 2.37. The van der Waals surface area contributed by atoms with E-state index in [1.165, 1.54) is 0 Å². The van der Waals surface area contributed by atoms with Crippen molar-refractivity contribution in [2.75, 3.05) is 5.73 Å². The second-order valence-corrected chi connectivity index (χ2v) is 6.19. The van der Waals surface area contributed by atoms with Crippen molar-refractivity contribution in [3.8, 4) is 11.3 Å². The van der Waals surface area contributed by atoms with Gasteiger partial charge in [-0.3, -0.25) is 13.8 Å². The Bertz CT molecular complexity index is 1120. The zero-order valence-electron chi connectivity index (χ0n) is 14.2. The van der Waals surface area contributed by atoms with Crippen molar-refractivity contribution in [2.24, 2.45) is 14.1 Å². The minimum atomic E-state index is -0.0762. The Morgan fingerprint density at radius 2 is 1.84 bits per heavy atom.